The van der Waals surface area contributed by atoms with E-state index >= 15 is 0 Å². The van der Waals surface area contributed by atoms with Gasteiger partial charge in [-0.05, 0) is 0 Å². The van der Waals surface area contributed by atoms with Crippen LogP contribution in [-0.2, 0) is 16.6 Å². The fourth-order valence-corrected chi connectivity index (χ4v) is 2.12. The van der Waals surface area contributed by atoms with Crippen molar-refractivity contribution in [2.24, 2.45) is 0 Å². The highest BCUT2D eigenvalue weighted by molar-refractivity contribution is 9.10. The maximum atomic E-state index is 10.9. The van der Waals surface area contributed by atoms with E-state index in [9.17, 15) is 8.42 Å². The van der Waals surface area contributed by atoms with Gasteiger partial charge >= 0.3 is 0 Å². The SMILES string of the molecule is O=S(=O)(CBr)NCc1nccs1. The Kier molecular flexibility index (Phi) is 3.63. The number of nitrogens with one attached hydrogen (secondary N) is 1. The first-order valence-electron chi connectivity index (χ1n) is 3.06. The number of hydrogen-bond donors (Lipinski definition) is 1. The van der Waals surface area contributed by atoms with Crippen molar-refractivity contribution in [2.75, 3.05) is 4.66 Å². The molecule has 0 spiro atoms. The molecule has 0 aromatic carbocycles. The number of nitrogens with zero attached hydrogens (tertiary/aromatic N) is 1. The van der Waals surface area contributed by atoms with Gasteiger partial charge in [-0.1, -0.05) is 15.9 Å². The molecule has 1 aromatic heterocycles. The van der Waals surface area contributed by atoms with Crippen LogP contribution in [0.2, 0.25) is 0 Å². The Morgan fingerprint density at radius 2 is 2.42 bits per heavy atom. The molecular weight excluding hydrogens is 264 g/mol. The highest BCUT2D eigenvalue weighted by Gasteiger charge is 2.07. The van der Waals surface area contributed by atoms with E-state index in [2.05, 4.69) is 25.6 Å². The van der Waals surface area contributed by atoms with Crippen molar-refractivity contribution in [2.45, 2.75) is 6.54 Å². The summed E-state index contributed by atoms with van der Waals surface area (Å²) in [5.41, 5.74) is 0. The summed E-state index contributed by atoms with van der Waals surface area (Å²) in [6, 6.07) is 0. The van der Waals surface area contributed by atoms with Crippen LogP contribution in [0.3, 0.4) is 0 Å². The Labute approximate surface area is 83.2 Å². The lowest BCUT2D eigenvalue weighted by Crippen LogP contribution is -2.23. The normalized spacial score (nSPS) is 11.8. The van der Waals surface area contributed by atoms with E-state index in [0.717, 1.165) is 5.01 Å². The first kappa shape index (κ1) is 10.1. The van der Waals surface area contributed by atoms with Crippen LogP contribution in [0.4, 0.5) is 0 Å². The van der Waals surface area contributed by atoms with E-state index < -0.39 is 10.0 Å². The van der Waals surface area contributed by atoms with Crippen molar-refractivity contribution in [3.8, 4) is 0 Å². The second-order valence-electron chi connectivity index (χ2n) is 1.97. The van der Waals surface area contributed by atoms with Crippen LogP contribution < -0.4 is 4.72 Å². The fourth-order valence-electron chi connectivity index (χ4n) is 0.551. The second-order valence-corrected chi connectivity index (χ2v) is 6.06. The number of rotatable bonds is 4. The summed E-state index contributed by atoms with van der Waals surface area (Å²) >= 11 is 4.29. The molecule has 0 saturated carbocycles. The molecule has 0 unspecified atom stereocenters. The number of alkyl halides is 1. The van der Waals surface area contributed by atoms with E-state index in [1.165, 1.54) is 11.3 Å². The standard InChI is InChI=1S/C5H7BrN2O2S2/c6-4-12(9,10)8-3-5-7-1-2-11-5/h1-2,8H,3-4H2. The summed E-state index contributed by atoms with van der Waals surface area (Å²) in [4.78, 5) is 3.93. The summed E-state index contributed by atoms with van der Waals surface area (Å²) in [5, 5.41) is 2.57. The zero-order valence-corrected chi connectivity index (χ0v) is 9.25. The van der Waals surface area contributed by atoms with Crippen molar-refractivity contribution >= 4 is 37.3 Å². The number of sulfonamides is 1. The van der Waals surface area contributed by atoms with Crippen LogP contribution in [0.5, 0.6) is 0 Å². The van der Waals surface area contributed by atoms with Gasteiger partial charge in [-0.15, -0.1) is 11.3 Å². The largest absolute Gasteiger partial charge is 0.248 e. The molecule has 0 aliphatic rings. The van der Waals surface area contributed by atoms with Crippen molar-refractivity contribution in [1.82, 2.24) is 9.71 Å². The molecule has 1 N–H and O–H groups in total. The lowest BCUT2D eigenvalue weighted by atomic mass is 10.7. The molecule has 7 heteroatoms. The summed E-state index contributed by atoms with van der Waals surface area (Å²) in [6.45, 7) is 0.269. The van der Waals surface area contributed by atoms with Crippen LogP contribution in [0, 0.1) is 0 Å². The molecule has 0 atom stereocenters. The highest BCUT2D eigenvalue weighted by atomic mass is 79.9. The first-order valence-corrected chi connectivity index (χ1v) is 6.71. The maximum absolute atomic E-state index is 10.9. The van der Waals surface area contributed by atoms with Gasteiger partial charge < -0.3 is 0 Å². The lowest BCUT2D eigenvalue weighted by Gasteiger charge is -1.99. The minimum atomic E-state index is -3.16. The van der Waals surface area contributed by atoms with Crippen molar-refractivity contribution in [3.05, 3.63) is 16.6 Å². The van der Waals surface area contributed by atoms with Gasteiger partial charge in [0.25, 0.3) is 0 Å². The summed E-state index contributed by atoms with van der Waals surface area (Å²) < 4.78 is 24.1. The third-order valence-corrected chi connectivity index (χ3v) is 4.53. The second kappa shape index (κ2) is 4.31. The zero-order valence-electron chi connectivity index (χ0n) is 6.03. The maximum Gasteiger partial charge on any atom is 0.222 e. The number of thiazole rings is 1. The molecule has 0 aliphatic heterocycles. The summed E-state index contributed by atoms with van der Waals surface area (Å²) in [7, 11) is -3.16. The molecule has 1 heterocycles. The molecule has 0 radical (unpaired) electrons. The number of aromatic nitrogens is 1. The third-order valence-electron chi connectivity index (χ3n) is 1.07. The molecule has 12 heavy (non-hydrogen) atoms. The highest BCUT2D eigenvalue weighted by Crippen LogP contribution is 2.03. The zero-order chi connectivity index (χ0) is 9.03. The van der Waals surface area contributed by atoms with Crippen LogP contribution in [0.15, 0.2) is 11.6 Å². The molecule has 4 nitrogen and oxygen atoms in total. The number of halogens is 1. The van der Waals surface area contributed by atoms with Crippen LogP contribution in [-0.4, -0.2) is 18.1 Å². The minimum Gasteiger partial charge on any atom is -0.248 e. The average Bonchev–Trinajstić information content (AvgIpc) is 2.53. The third kappa shape index (κ3) is 3.18. The lowest BCUT2D eigenvalue weighted by molar-refractivity contribution is 0.586. The molecular formula is C5H7BrN2O2S2. The van der Waals surface area contributed by atoms with Gasteiger partial charge in [-0.3, -0.25) is 0 Å². The van der Waals surface area contributed by atoms with E-state index in [1.807, 2.05) is 0 Å². The topological polar surface area (TPSA) is 59.1 Å². The molecule has 68 valence electrons. The Morgan fingerprint density at radius 1 is 1.67 bits per heavy atom. The van der Waals surface area contributed by atoms with Crippen LogP contribution >= 0.6 is 27.3 Å². The van der Waals surface area contributed by atoms with Gasteiger partial charge in [-0.2, -0.15) is 0 Å². The molecule has 0 amide bonds. The monoisotopic (exact) mass is 270 g/mol. The van der Waals surface area contributed by atoms with Gasteiger partial charge in [0, 0.05) is 11.6 Å². The average molecular weight is 271 g/mol. The van der Waals surface area contributed by atoms with Crippen molar-refractivity contribution < 1.29 is 8.42 Å². The fraction of sp³-hybridized carbons (Fsp3) is 0.400. The molecule has 1 aromatic rings. The number of hydrogen-bond acceptors (Lipinski definition) is 4. The minimum absolute atomic E-state index is 0.0780. The van der Waals surface area contributed by atoms with Crippen LogP contribution in [0.25, 0.3) is 0 Å². The smallest absolute Gasteiger partial charge is 0.222 e. The first-order chi connectivity index (χ1) is 5.64. The predicted octanol–water partition coefficient (Wildman–Crippen LogP) is 0.915. The van der Waals surface area contributed by atoms with Gasteiger partial charge in [-0.25, -0.2) is 18.1 Å². The molecule has 0 fully saturated rings. The van der Waals surface area contributed by atoms with E-state index in [1.54, 1.807) is 11.6 Å². The quantitative estimate of drug-likeness (QED) is 0.828. The molecule has 0 saturated heterocycles. The molecule has 1 rings (SSSR count). The van der Waals surface area contributed by atoms with Gasteiger partial charge in [0.15, 0.2) is 0 Å². The Hall–Kier alpha value is 0.0200. The Bertz CT molecular complexity index is 321. The van der Waals surface area contributed by atoms with E-state index in [0.29, 0.717) is 0 Å². The molecule has 0 aliphatic carbocycles. The summed E-state index contributed by atoms with van der Waals surface area (Å²) in [5.74, 6) is 0. The predicted molar refractivity (Wildman–Crippen MR) is 51.7 cm³/mol. The molecule has 0 bridgehead atoms. The van der Waals surface area contributed by atoms with Crippen molar-refractivity contribution in [1.29, 1.82) is 0 Å². The van der Waals surface area contributed by atoms with E-state index in [4.69, 9.17) is 0 Å². The van der Waals surface area contributed by atoms with Gasteiger partial charge in [0.1, 0.15) is 9.67 Å². The van der Waals surface area contributed by atoms with E-state index in [-0.39, 0.29) is 11.2 Å². The van der Waals surface area contributed by atoms with Gasteiger partial charge in [0.2, 0.25) is 10.0 Å². The Morgan fingerprint density at radius 3 is 2.92 bits per heavy atom. The van der Waals surface area contributed by atoms with Gasteiger partial charge in [0.05, 0.1) is 6.54 Å². The Balaban J connectivity index is 2.47. The van der Waals surface area contributed by atoms with Crippen LogP contribution in [0.1, 0.15) is 5.01 Å². The van der Waals surface area contributed by atoms with Crippen molar-refractivity contribution in [3.63, 3.8) is 0 Å². The summed E-state index contributed by atoms with van der Waals surface area (Å²) in [6.07, 6.45) is 1.64.